The topological polar surface area (TPSA) is 57.7 Å². The van der Waals surface area contributed by atoms with Crippen molar-refractivity contribution in [3.05, 3.63) is 11.1 Å². The van der Waals surface area contributed by atoms with Gasteiger partial charge in [0.15, 0.2) is 0 Å². The Labute approximate surface area is 110 Å². The Morgan fingerprint density at radius 3 is 2.61 bits per heavy atom. The molecule has 6 heteroatoms. The summed E-state index contributed by atoms with van der Waals surface area (Å²) in [6.07, 6.45) is 2.68. The highest BCUT2D eigenvalue weighted by atomic mass is 35.5. The minimum Gasteiger partial charge on any atom is -0.347 e. The molecule has 5 nitrogen and oxygen atoms in total. The molecule has 0 spiro atoms. The van der Waals surface area contributed by atoms with Crippen molar-refractivity contribution in [1.29, 1.82) is 0 Å². The van der Waals surface area contributed by atoms with Crippen LogP contribution in [0.5, 0.6) is 0 Å². The van der Waals surface area contributed by atoms with Gasteiger partial charge in [0.1, 0.15) is 6.54 Å². The summed E-state index contributed by atoms with van der Waals surface area (Å²) in [7, 11) is 3.19. The summed E-state index contributed by atoms with van der Waals surface area (Å²) in [5, 5.41) is 0.623. The molecular weight excluding hydrogens is 256 g/mol. The molecule has 2 aliphatic rings. The maximum Gasteiger partial charge on any atom is 0.242 e. The van der Waals surface area contributed by atoms with Crippen LogP contribution in [0.4, 0.5) is 0 Å². The van der Waals surface area contributed by atoms with E-state index in [1.165, 1.54) is 4.90 Å². The van der Waals surface area contributed by atoms with Crippen molar-refractivity contribution in [2.45, 2.75) is 12.8 Å². The van der Waals surface area contributed by atoms with Crippen LogP contribution in [0, 0.1) is 11.8 Å². The molecule has 1 aliphatic carbocycles. The smallest absolute Gasteiger partial charge is 0.242 e. The molecule has 1 saturated heterocycles. The predicted molar refractivity (Wildman–Crippen MR) is 65.6 cm³/mol. The largest absolute Gasteiger partial charge is 0.347 e. The number of allylic oxidation sites excluding steroid dienone is 2. The van der Waals surface area contributed by atoms with Crippen LogP contribution in [0.2, 0.25) is 0 Å². The minimum atomic E-state index is -0.384. The van der Waals surface area contributed by atoms with Gasteiger partial charge < -0.3 is 4.90 Å². The molecule has 0 aromatic rings. The van der Waals surface area contributed by atoms with Gasteiger partial charge in [-0.1, -0.05) is 17.7 Å². The zero-order valence-electron chi connectivity index (χ0n) is 10.4. The lowest BCUT2D eigenvalue weighted by atomic mass is 9.85. The lowest BCUT2D eigenvalue weighted by Crippen LogP contribution is -2.40. The number of nitrogens with zero attached hydrogens (tertiary/aromatic N) is 2. The molecule has 0 aromatic heterocycles. The van der Waals surface area contributed by atoms with Crippen molar-refractivity contribution in [1.82, 2.24) is 9.80 Å². The maximum absolute atomic E-state index is 12.1. The molecule has 1 aliphatic heterocycles. The molecule has 0 radical (unpaired) electrons. The van der Waals surface area contributed by atoms with Gasteiger partial charge in [-0.15, -0.1) is 0 Å². The highest BCUT2D eigenvalue weighted by molar-refractivity contribution is 6.30. The van der Waals surface area contributed by atoms with E-state index in [1.807, 2.05) is 0 Å². The molecule has 0 saturated carbocycles. The van der Waals surface area contributed by atoms with E-state index in [-0.39, 0.29) is 36.1 Å². The number of likely N-dealkylation sites (N-methyl/N-ethyl adjacent to an activating group) is 1. The summed E-state index contributed by atoms with van der Waals surface area (Å²) in [6.45, 7) is -0.171. The van der Waals surface area contributed by atoms with E-state index >= 15 is 0 Å². The number of imide groups is 1. The number of rotatable bonds is 2. The first-order chi connectivity index (χ1) is 8.41. The third kappa shape index (κ3) is 2.14. The summed E-state index contributed by atoms with van der Waals surface area (Å²) in [4.78, 5) is 38.2. The van der Waals surface area contributed by atoms with E-state index in [1.54, 1.807) is 20.2 Å². The van der Waals surface area contributed by atoms with Gasteiger partial charge in [0, 0.05) is 19.1 Å². The Balaban J connectivity index is 2.14. The van der Waals surface area contributed by atoms with Gasteiger partial charge in [-0.3, -0.25) is 19.3 Å². The van der Waals surface area contributed by atoms with Crippen molar-refractivity contribution in [2.75, 3.05) is 20.6 Å². The second-order valence-corrected chi connectivity index (χ2v) is 5.34. The lowest BCUT2D eigenvalue weighted by Gasteiger charge is -2.17. The zero-order valence-corrected chi connectivity index (χ0v) is 11.1. The number of fused-ring (bicyclic) bond motifs is 1. The summed E-state index contributed by atoms with van der Waals surface area (Å²) in [6, 6.07) is 0. The van der Waals surface area contributed by atoms with Crippen molar-refractivity contribution >= 4 is 29.3 Å². The molecule has 2 rings (SSSR count). The first-order valence-corrected chi connectivity index (χ1v) is 6.19. The fraction of sp³-hybridized carbons (Fsp3) is 0.583. The van der Waals surface area contributed by atoms with Gasteiger partial charge in [0.2, 0.25) is 17.7 Å². The van der Waals surface area contributed by atoms with Crippen LogP contribution >= 0.6 is 11.6 Å². The van der Waals surface area contributed by atoms with Crippen LogP contribution in [0.25, 0.3) is 0 Å². The van der Waals surface area contributed by atoms with Gasteiger partial charge in [0.05, 0.1) is 11.8 Å². The lowest BCUT2D eigenvalue weighted by molar-refractivity contribution is -0.145. The summed E-state index contributed by atoms with van der Waals surface area (Å²) in [5.41, 5.74) is 0. The second kappa shape index (κ2) is 4.72. The van der Waals surface area contributed by atoms with E-state index in [0.29, 0.717) is 17.9 Å². The number of hydrogen-bond acceptors (Lipinski definition) is 3. The van der Waals surface area contributed by atoms with E-state index < -0.39 is 0 Å². The fourth-order valence-corrected chi connectivity index (χ4v) is 2.58. The molecule has 3 amide bonds. The summed E-state index contributed by atoms with van der Waals surface area (Å²) < 4.78 is 0. The SMILES string of the molecule is CN(C)C(=O)CN1C(=O)[C@H]2CC(Cl)=CC[C@H]2C1=O. The second-order valence-electron chi connectivity index (χ2n) is 4.85. The Morgan fingerprint density at radius 1 is 1.39 bits per heavy atom. The number of carbonyl (C=O) groups is 3. The van der Waals surface area contributed by atoms with E-state index in [9.17, 15) is 14.4 Å². The quantitative estimate of drug-likeness (QED) is 0.690. The average molecular weight is 271 g/mol. The van der Waals surface area contributed by atoms with Crippen LogP contribution in [0.1, 0.15) is 12.8 Å². The molecule has 2 atom stereocenters. The summed E-state index contributed by atoms with van der Waals surface area (Å²) in [5.74, 6) is -1.50. The molecule has 0 aromatic carbocycles. The molecule has 0 unspecified atom stereocenters. The molecule has 1 heterocycles. The van der Waals surface area contributed by atoms with Crippen molar-refractivity contribution < 1.29 is 14.4 Å². The van der Waals surface area contributed by atoms with Crippen LogP contribution in [0.15, 0.2) is 11.1 Å². The molecule has 0 bridgehead atoms. The number of carbonyl (C=O) groups excluding carboxylic acids is 3. The summed E-state index contributed by atoms with van der Waals surface area (Å²) >= 11 is 5.90. The maximum atomic E-state index is 12.1. The van der Waals surface area contributed by atoms with Crippen molar-refractivity contribution in [3.8, 4) is 0 Å². The third-order valence-corrected chi connectivity index (χ3v) is 3.76. The highest BCUT2D eigenvalue weighted by Crippen LogP contribution is 2.38. The third-order valence-electron chi connectivity index (χ3n) is 3.45. The Hall–Kier alpha value is -1.36. The number of likely N-dealkylation sites (tertiary alicyclic amines) is 1. The standard InChI is InChI=1S/C12H15ClN2O3/c1-14(2)10(16)6-15-11(17)8-4-3-7(13)5-9(8)12(15)18/h3,8-9H,4-6H2,1-2H3/t8-,9+/m1/s1. The van der Waals surface area contributed by atoms with Gasteiger partial charge in [-0.25, -0.2) is 0 Å². The Bertz CT molecular complexity index is 445. The van der Waals surface area contributed by atoms with Crippen LogP contribution < -0.4 is 0 Å². The number of amides is 3. The van der Waals surface area contributed by atoms with Gasteiger partial charge in [-0.2, -0.15) is 0 Å². The van der Waals surface area contributed by atoms with Crippen molar-refractivity contribution in [3.63, 3.8) is 0 Å². The highest BCUT2D eigenvalue weighted by Gasteiger charge is 2.48. The monoisotopic (exact) mass is 270 g/mol. The number of hydrogen-bond donors (Lipinski definition) is 0. The minimum absolute atomic E-state index is 0.171. The van der Waals surface area contributed by atoms with Gasteiger partial charge in [-0.05, 0) is 12.8 Å². The van der Waals surface area contributed by atoms with E-state index in [4.69, 9.17) is 11.6 Å². The van der Waals surface area contributed by atoms with Gasteiger partial charge in [0.25, 0.3) is 0 Å². The first-order valence-electron chi connectivity index (χ1n) is 5.81. The van der Waals surface area contributed by atoms with Gasteiger partial charge >= 0.3 is 0 Å². The molecule has 0 N–H and O–H groups in total. The Morgan fingerprint density at radius 2 is 2.00 bits per heavy atom. The van der Waals surface area contributed by atoms with Crippen LogP contribution in [0.3, 0.4) is 0 Å². The normalized spacial score (nSPS) is 27.1. The fourth-order valence-electron chi connectivity index (χ4n) is 2.33. The predicted octanol–water partition coefficient (Wildman–Crippen LogP) is 0.592. The van der Waals surface area contributed by atoms with Crippen LogP contribution in [-0.4, -0.2) is 48.2 Å². The molecular formula is C12H15ClN2O3. The average Bonchev–Trinajstić information content (AvgIpc) is 2.54. The molecule has 18 heavy (non-hydrogen) atoms. The van der Waals surface area contributed by atoms with E-state index in [0.717, 1.165) is 4.90 Å². The first kappa shape index (κ1) is 13.1. The van der Waals surface area contributed by atoms with E-state index in [2.05, 4.69) is 0 Å². The number of halogens is 1. The molecule has 1 fully saturated rings. The Kier molecular flexibility index (Phi) is 3.43. The zero-order chi connectivity index (χ0) is 13.4. The van der Waals surface area contributed by atoms with Crippen molar-refractivity contribution in [2.24, 2.45) is 11.8 Å². The molecule has 98 valence electrons. The van der Waals surface area contributed by atoms with Crippen LogP contribution in [-0.2, 0) is 14.4 Å².